The number of hydrogen-bond acceptors (Lipinski definition) is 4. The molecule has 1 saturated carbocycles. The van der Waals surface area contributed by atoms with Gasteiger partial charge in [-0.15, -0.1) is 0 Å². The van der Waals surface area contributed by atoms with E-state index in [1.54, 1.807) is 6.92 Å². The highest BCUT2D eigenvalue weighted by atomic mass is 35.5. The summed E-state index contributed by atoms with van der Waals surface area (Å²) in [5.41, 5.74) is 2.71. The summed E-state index contributed by atoms with van der Waals surface area (Å²) in [6, 6.07) is 15.4. The number of allylic oxidation sites excluding steroid dienone is 1. The number of carboxylic acids is 1. The molecule has 2 atom stereocenters. The number of amides is 1. The minimum Gasteiger partial charge on any atom is -0.481 e. The first kappa shape index (κ1) is 20.9. The second-order valence-electron chi connectivity index (χ2n) is 7.88. The molecule has 3 aromatic rings. The van der Waals surface area contributed by atoms with Crippen LogP contribution in [0.4, 0.5) is 0 Å². The van der Waals surface area contributed by atoms with Crippen LogP contribution in [0.5, 0.6) is 0 Å². The first-order valence-corrected chi connectivity index (χ1v) is 10.2. The summed E-state index contributed by atoms with van der Waals surface area (Å²) in [5, 5.41) is 13.0. The Morgan fingerprint density at radius 1 is 1.26 bits per heavy atom. The van der Waals surface area contributed by atoms with Crippen molar-refractivity contribution in [3.05, 3.63) is 83.5 Å². The highest BCUT2D eigenvalue weighted by Gasteiger charge is 2.57. The average molecular weight is 437 g/mol. The number of benzene rings is 2. The topological polar surface area (TPSA) is 92.4 Å². The maximum absolute atomic E-state index is 12.7. The molecule has 158 valence electrons. The van der Waals surface area contributed by atoms with Crippen LogP contribution in [0.1, 0.15) is 47.7 Å². The first-order chi connectivity index (χ1) is 14.8. The van der Waals surface area contributed by atoms with Crippen molar-refractivity contribution < 1.29 is 19.1 Å². The molecule has 1 amide bonds. The zero-order valence-corrected chi connectivity index (χ0v) is 17.6. The third-order valence-electron chi connectivity index (χ3n) is 5.47. The Morgan fingerprint density at radius 2 is 2.00 bits per heavy atom. The summed E-state index contributed by atoms with van der Waals surface area (Å²) >= 11 is 6.08. The van der Waals surface area contributed by atoms with Crippen LogP contribution in [-0.2, 0) is 4.79 Å². The van der Waals surface area contributed by atoms with Gasteiger partial charge < -0.3 is 14.8 Å². The van der Waals surface area contributed by atoms with Gasteiger partial charge in [-0.3, -0.25) is 9.59 Å². The molecule has 0 spiro atoms. The number of carbonyl (C=O) groups is 2. The fraction of sp³-hybridized carbons (Fsp3) is 0.208. The van der Waals surface area contributed by atoms with E-state index < -0.39 is 17.4 Å². The summed E-state index contributed by atoms with van der Waals surface area (Å²) < 4.78 is 5.42. The Balaban J connectivity index is 1.53. The van der Waals surface area contributed by atoms with Gasteiger partial charge in [-0.1, -0.05) is 54.6 Å². The van der Waals surface area contributed by atoms with Crippen molar-refractivity contribution in [1.29, 1.82) is 0 Å². The molecule has 0 radical (unpaired) electrons. The quantitative estimate of drug-likeness (QED) is 0.533. The lowest BCUT2D eigenvalue weighted by atomic mass is 9.99. The molecule has 1 heterocycles. The molecule has 2 aromatic carbocycles. The molecule has 0 bridgehead atoms. The van der Waals surface area contributed by atoms with Crippen LogP contribution in [-0.4, -0.2) is 27.5 Å². The van der Waals surface area contributed by atoms with Gasteiger partial charge in [-0.25, -0.2) is 4.98 Å². The van der Waals surface area contributed by atoms with E-state index in [9.17, 15) is 14.7 Å². The lowest BCUT2D eigenvalue weighted by Gasteiger charge is -2.17. The predicted molar refractivity (Wildman–Crippen MR) is 118 cm³/mol. The van der Waals surface area contributed by atoms with Crippen molar-refractivity contribution in [1.82, 2.24) is 10.3 Å². The van der Waals surface area contributed by atoms with Crippen LogP contribution in [0.3, 0.4) is 0 Å². The molecule has 0 saturated heterocycles. The fourth-order valence-electron chi connectivity index (χ4n) is 3.83. The largest absolute Gasteiger partial charge is 0.481 e. The number of nitrogens with one attached hydrogen (secondary N) is 1. The van der Waals surface area contributed by atoms with Crippen LogP contribution in [0.25, 0.3) is 16.7 Å². The Bertz CT molecular complexity index is 1170. The predicted octanol–water partition coefficient (Wildman–Crippen LogP) is 5.16. The van der Waals surface area contributed by atoms with Gasteiger partial charge >= 0.3 is 5.97 Å². The Morgan fingerprint density at radius 3 is 2.61 bits per heavy atom. The second kappa shape index (κ2) is 8.04. The molecule has 1 aromatic heterocycles. The molecular weight excluding hydrogens is 416 g/mol. The van der Waals surface area contributed by atoms with Crippen molar-refractivity contribution in [2.45, 2.75) is 31.2 Å². The van der Waals surface area contributed by atoms with Gasteiger partial charge in [-0.2, -0.15) is 0 Å². The van der Waals surface area contributed by atoms with Crippen molar-refractivity contribution in [2.24, 2.45) is 0 Å². The third kappa shape index (κ3) is 4.39. The highest BCUT2D eigenvalue weighted by Crippen LogP contribution is 2.54. The molecule has 31 heavy (non-hydrogen) atoms. The van der Waals surface area contributed by atoms with E-state index in [2.05, 4.69) is 16.9 Å². The molecule has 1 fully saturated rings. The molecule has 1 unspecified atom stereocenters. The maximum atomic E-state index is 12.7. The number of hydrogen-bond donors (Lipinski definition) is 2. The molecule has 1 aliphatic carbocycles. The van der Waals surface area contributed by atoms with Gasteiger partial charge in [0.2, 0.25) is 11.7 Å². The van der Waals surface area contributed by atoms with Crippen molar-refractivity contribution in [2.75, 3.05) is 0 Å². The number of carbonyl (C=O) groups excluding carboxylic acids is 1. The highest BCUT2D eigenvalue weighted by molar-refractivity contribution is 6.30. The lowest BCUT2D eigenvalue weighted by Crippen LogP contribution is -2.40. The normalized spacial score (nSPS) is 19.6. The minimum absolute atomic E-state index is 0.0321. The number of aliphatic carboxylic acids is 1. The van der Waals surface area contributed by atoms with Crippen molar-refractivity contribution in [3.8, 4) is 11.1 Å². The summed E-state index contributed by atoms with van der Waals surface area (Å²) in [5.74, 6) is -1.26. The molecule has 1 aliphatic rings. The molecule has 0 aliphatic heterocycles. The van der Waals surface area contributed by atoms with E-state index in [-0.39, 0.29) is 24.0 Å². The molecule has 4 rings (SSSR count). The van der Waals surface area contributed by atoms with Crippen LogP contribution in [0, 0.1) is 0 Å². The maximum Gasteiger partial charge on any atom is 0.305 e. The third-order valence-corrected chi connectivity index (χ3v) is 5.71. The van der Waals surface area contributed by atoms with Gasteiger partial charge in [0, 0.05) is 16.5 Å². The van der Waals surface area contributed by atoms with Gasteiger partial charge in [0.25, 0.3) is 5.91 Å². The number of aromatic nitrogens is 1. The van der Waals surface area contributed by atoms with E-state index in [0.29, 0.717) is 17.0 Å². The number of halogens is 1. The molecular formula is C24H21ClN2O4. The zero-order chi connectivity index (χ0) is 22.2. The summed E-state index contributed by atoms with van der Waals surface area (Å²) in [6.45, 7) is 5.46. The van der Waals surface area contributed by atoms with E-state index in [4.69, 9.17) is 16.0 Å². The van der Waals surface area contributed by atoms with Crippen LogP contribution >= 0.6 is 11.6 Å². The van der Waals surface area contributed by atoms with Gasteiger partial charge in [-0.05, 0) is 42.2 Å². The van der Waals surface area contributed by atoms with E-state index in [1.165, 1.54) is 6.20 Å². The van der Waals surface area contributed by atoms with Crippen LogP contribution < -0.4 is 5.32 Å². The standard InChI is InChI=1S/C24H21ClN2O4/c1-14(2)23-26-13-20(31-23)22(30)27-24(12-21(28)29)11-19(24)16-8-6-15(7-9-16)17-4-3-5-18(25)10-17/h3-10,13,19H,1,11-12H2,2H3,(H,27,30)(H,28,29)/t19-,24?/m0/s1. The summed E-state index contributed by atoms with van der Waals surface area (Å²) in [4.78, 5) is 28.2. The van der Waals surface area contributed by atoms with Crippen LogP contribution in [0.2, 0.25) is 5.02 Å². The monoisotopic (exact) mass is 436 g/mol. The van der Waals surface area contributed by atoms with Crippen molar-refractivity contribution in [3.63, 3.8) is 0 Å². The average Bonchev–Trinajstić information content (AvgIpc) is 3.17. The van der Waals surface area contributed by atoms with E-state index >= 15 is 0 Å². The minimum atomic E-state index is -0.974. The van der Waals surface area contributed by atoms with Gasteiger partial charge in [0.1, 0.15) is 0 Å². The number of carboxylic acid groups (broad SMARTS) is 1. The summed E-state index contributed by atoms with van der Waals surface area (Å²) in [6.07, 6.45) is 1.68. The molecule has 6 nitrogen and oxygen atoms in total. The molecule has 7 heteroatoms. The number of oxazole rings is 1. The second-order valence-corrected chi connectivity index (χ2v) is 8.32. The van der Waals surface area contributed by atoms with Crippen molar-refractivity contribution >= 4 is 29.1 Å². The first-order valence-electron chi connectivity index (χ1n) is 9.79. The SMILES string of the molecule is C=C(C)c1ncc(C(=O)NC2(CC(=O)O)C[C@H]2c2ccc(-c3cccc(Cl)c3)cc2)o1. The Hall–Kier alpha value is -3.38. The van der Waals surface area contributed by atoms with Gasteiger partial charge in [0.15, 0.2) is 0 Å². The van der Waals surface area contributed by atoms with Gasteiger partial charge in [0.05, 0.1) is 18.2 Å². The van der Waals surface area contributed by atoms with E-state index in [0.717, 1.165) is 16.7 Å². The number of nitrogens with zero attached hydrogens (tertiary/aromatic N) is 1. The zero-order valence-electron chi connectivity index (χ0n) is 16.9. The molecule has 2 N–H and O–H groups in total. The fourth-order valence-corrected chi connectivity index (χ4v) is 4.02. The summed E-state index contributed by atoms with van der Waals surface area (Å²) in [7, 11) is 0. The number of rotatable bonds is 7. The Kier molecular flexibility index (Phi) is 5.41. The smallest absolute Gasteiger partial charge is 0.305 e. The lowest BCUT2D eigenvalue weighted by molar-refractivity contribution is -0.137. The van der Waals surface area contributed by atoms with E-state index in [1.807, 2.05) is 48.5 Å². The van der Waals surface area contributed by atoms with Crippen LogP contribution in [0.15, 0.2) is 65.7 Å². The Labute approximate surface area is 184 Å².